The Morgan fingerprint density at radius 1 is 0.929 bits per heavy atom. The lowest BCUT2D eigenvalue weighted by atomic mass is 9.82. The molecule has 0 radical (unpaired) electrons. The predicted octanol–water partition coefficient (Wildman–Crippen LogP) is 1.36. The van der Waals surface area contributed by atoms with Gasteiger partial charge >= 0.3 is 7.12 Å². The van der Waals surface area contributed by atoms with Crippen molar-refractivity contribution in [1.29, 1.82) is 0 Å². The lowest BCUT2D eigenvalue weighted by Crippen LogP contribution is -2.66. The number of hydrogen-bond donors (Lipinski definition) is 2. The summed E-state index contributed by atoms with van der Waals surface area (Å²) in [6.45, 7) is 15.4. The van der Waals surface area contributed by atoms with Gasteiger partial charge in [-0.1, -0.05) is 46.2 Å². The van der Waals surface area contributed by atoms with Crippen molar-refractivity contribution in [2.75, 3.05) is 0 Å². The van der Waals surface area contributed by atoms with Gasteiger partial charge in [-0.2, -0.15) is 0 Å². The first-order valence-electron chi connectivity index (χ1n) is 5.13. The van der Waals surface area contributed by atoms with E-state index in [4.69, 9.17) is 0 Å². The van der Waals surface area contributed by atoms with E-state index in [1.54, 1.807) is 0 Å². The van der Waals surface area contributed by atoms with Crippen LogP contribution in [0.2, 0.25) is 39.3 Å². The van der Waals surface area contributed by atoms with E-state index >= 15 is 0 Å². The standard InChI is InChI=1S/C8H24BNO2Si2/c1-8(9(11)12)10(13(2,3)4)14(5,6)7/h8,11-12H,1-7H3. The Morgan fingerprint density at radius 3 is 1.29 bits per heavy atom. The minimum absolute atomic E-state index is 0.145. The number of rotatable bonds is 4. The molecule has 0 rings (SSSR count). The molecular formula is C8H24BNO2Si2. The van der Waals surface area contributed by atoms with Gasteiger partial charge in [-0.25, -0.2) is 0 Å². The number of hydrogen-bond acceptors (Lipinski definition) is 3. The van der Waals surface area contributed by atoms with Gasteiger partial charge in [0.2, 0.25) is 0 Å². The fourth-order valence-electron chi connectivity index (χ4n) is 2.36. The van der Waals surface area contributed by atoms with Crippen molar-refractivity contribution in [3.63, 3.8) is 0 Å². The Kier molecular flexibility index (Phi) is 4.61. The molecular weight excluding hydrogens is 209 g/mol. The van der Waals surface area contributed by atoms with Crippen molar-refractivity contribution in [2.24, 2.45) is 0 Å². The van der Waals surface area contributed by atoms with Gasteiger partial charge in [0.15, 0.2) is 0 Å². The third-order valence-electron chi connectivity index (χ3n) is 2.28. The highest BCUT2D eigenvalue weighted by Crippen LogP contribution is 2.23. The van der Waals surface area contributed by atoms with Crippen LogP contribution in [-0.4, -0.2) is 43.8 Å². The van der Waals surface area contributed by atoms with Crippen LogP contribution in [0.15, 0.2) is 0 Å². The van der Waals surface area contributed by atoms with Crippen LogP contribution in [0.25, 0.3) is 0 Å². The van der Waals surface area contributed by atoms with E-state index in [2.05, 4.69) is 43.5 Å². The van der Waals surface area contributed by atoms with Crippen molar-refractivity contribution in [2.45, 2.75) is 52.1 Å². The number of nitrogens with zero attached hydrogens (tertiary/aromatic N) is 1. The largest absolute Gasteiger partial charge is 0.468 e. The third-order valence-corrected chi connectivity index (χ3v) is 10.0. The van der Waals surface area contributed by atoms with Gasteiger partial charge in [0, 0.05) is 5.94 Å². The average Bonchev–Trinajstić information content (AvgIpc) is 1.79. The summed E-state index contributed by atoms with van der Waals surface area (Å²) in [4.78, 5) is 0. The molecule has 0 bridgehead atoms. The second-order valence-electron chi connectivity index (χ2n) is 5.87. The molecule has 0 fully saturated rings. The first kappa shape index (κ1) is 14.4. The summed E-state index contributed by atoms with van der Waals surface area (Å²) >= 11 is 0. The topological polar surface area (TPSA) is 43.7 Å². The second-order valence-corrected chi connectivity index (χ2v) is 16.0. The van der Waals surface area contributed by atoms with Gasteiger partial charge in [0.1, 0.15) is 16.5 Å². The normalized spacial score (nSPS) is 15.9. The molecule has 6 heteroatoms. The lowest BCUT2D eigenvalue weighted by molar-refractivity contribution is 0.358. The maximum Gasteiger partial charge on any atom is 0.468 e. The zero-order chi connectivity index (χ0) is 11.7. The van der Waals surface area contributed by atoms with Crippen molar-refractivity contribution >= 4 is 23.6 Å². The summed E-state index contributed by atoms with van der Waals surface area (Å²) < 4.78 is 2.39. The molecule has 0 aromatic carbocycles. The first-order chi connectivity index (χ1) is 5.98. The molecule has 0 aliphatic heterocycles. The second kappa shape index (κ2) is 4.49. The van der Waals surface area contributed by atoms with Crippen LogP contribution in [0.3, 0.4) is 0 Å². The highest BCUT2D eigenvalue weighted by atomic mass is 28.4. The molecule has 0 amide bonds. The van der Waals surface area contributed by atoms with Crippen molar-refractivity contribution in [3.05, 3.63) is 0 Å². The Labute approximate surface area is 90.5 Å². The Morgan fingerprint density at radius 2 is 1.21 bits per heavy atom. The minimum atomic E-state index is -1.47. The van der Waals surface area contributed by atoms with Gasteiger partial charge in [0.25, 0.3) is 0 Å². The average molecular weight is 233 g/mol. The molecule has 0 spiro atoms. The Bertz CT molecular complexity index is 175. The third kappa shape index (κ3) is 3.86. The molecule has 0 saturated heterocycles. The van der Waals surface area contributed by atoms with Crippen LogP contribution in [-0.2, 0) is 0 Å². The van der Waals surface area contributed by atoms with E-state index in [1.807, 2.05) is 6.92 Å². The smallest absolute Gasteiger partial charge is 0.426 e. The zero-order valence-electron chi connectivity index (χ0n) is 10.5. The highest BCUT2D eigenvalue weighted by Gasteiger charge is 2.41. The molecule has 3 nitrogen and oxygen atoms in total. The zero-order valence-corrected chi connectivity index (χ0v) is 12.5. The van der Waals surface area contributed by atoms with Gasteiger partial charge in [-0.05, 0) is 0 Å². The molecule has 0 heterocycles. The van der Waals surface area contributed by atoms with E-state index in [0.29, 0.717) is 0 Å². The summed E-state index contributed by atoms with van der Waals surface area (Å²) in [5, 5.41) is 18.6. The van der Waals surface area contributed by atoms with Crippen LogP contribution in [0, 0.1) is 0 Å². The maximum atomic E-state index is 9.28. The van der Waals surface area contributed by atoms with Gasteiger partial charge in [0.05, 0.1) is 0 Å². The molecule has 0 aliphatic rings. The van der Waals surface area contributed by atoms with E-state index in [0.717, 1.165) is 0 Å². The predicted molar refractivity (Wildman–Crippen MR) is 68.2 cm³/mol. The van der Waals surface area contributed by atoms with Crippen molar-refractivity contribution in [1.82, 2.24) is 4.23 Å². The summed E-state index contributed by atoms with van der Waals surface area (Å²) in [7, 11) is -4.17. The van der Waals surface area contributed by atoms with E-state index in [1.165, 1.54) is 0 Å². The summed E-state index contributed by atoms with van der Waals surface area (Å²) in [5.74, 6) is -0.145. The van der Waals surface area contributed by atoms with Crippen molar-refractivity contribution < 1.29 is 10.0 Å². The van der Waals surface area contributed by atoms with Crippen LogP contribution in [0.4, 0.5) is 0 Å². The summed E-state index contributed by atoms with van der Waals surface area (Å²) in [6.07, 6.45) is 0. The highest BCUT2D eigenvalue weighted by molar-refractivity contribution is 6.90. The molecule has 0 saturated carbocycles. The monoisotopic (exact) mass is 233 g/mol. The van der Waals surface area contributed by atoms with E-state index in [9.17, 15) is 10.0 Å². The summed E-state index contributed by atoms with van der Waals surface area (Å²) in [6, 6.07) is 0. The fourth-order valence-corrected chi connectivity index (χ4v) is 13.1. The molecule has 2 N–H and O–H groups in total. The molecule has 1 atom stereocenters. The molecule has 0 aliphatic carbocycles. The lowest BCUT2D eigenvalue weighted by Gasteiger charge is -2.47. The SMILES string of the molecule is CC(B(O)O)N([Si](C)(C)C)[Si](C)(C)C. The van der Waals surface area contributed by atoms with E-state index < -0.39 is 23.6 Å². The summed E-state index contributed by atoms with van der Waals surface area (Å²) in [5.41, 5.74) is 0. The molecule has 0 aromatic rings. The maximum absolute atomic E-state index is 9.28. The quantitative estimate of drug-likeness (QED) is 0.720. The Hall–Kier alpha value is 0.379. The van der Waals surface area contributed by atoms with Gasteiger partial charge < -0.3 is 14.3 Å². The molecule has 14 heavy (non-hydrogen) atoms. The Balaban J connectivity index is 4.94. The van der Waals surface area contributed by atoms with Gasteiger partial charge in [-0.15, -0.1) is 0 Å². The van der Waals surface area contributed by atoms with Crippen LogP contribution in [0.5, 0.6) is 0 Å². The minimum Gasteiger partial charge on any atom is -0.426 e. The van der Waals surface area contributed by atoms with Crippen LogP contribution >= 0.6 is 0 Å². The van der Waals surface area contributed by atoms with Gasteiger partial charge in [-0.3, -0.25) is 0 Å². The molecule has 0 aromatic heterocycles. The van der Waals surface area contributed by atoms with Crippen LogP contribution in [0.1, 0.15) is 6.92 Å². The van der Waals surface area contributed by atoms with Crippen LogP contribution < -0.4 is 0 Å². The van der Waals surface area contributed by atoms with E-state index in [-0.39, 0.29) is 5.94 Å². The van der Waals surface area contributed by atoms with Crippen molar-refractivity contribution in [3.8, 4) is 0 Å². The molecule has 84 valence electrons. The fraction of sp³-hybridized carbons (Fsp3) is 1.00. The molecule has 1 unspecified atom stereocenters. The first-order valence-corrected chi connectivity index (χ1v) is 12.0.